The van der Waals surface area contributed by atoms with E-state index in [2.05, 4.69) is 10.6 Å². The van der Waals surface area contributed by atoms with Crippen molar-refractivity contribution in [2.45, 2.75) is 31.5 Å². The van der Waals surface area contributed by atoms with Gasteiger partial charge in [-0.2, -0.15) is 13.2 Å². The van der Waals surface area contributed by atoms with Crippen LogP contribution in [-0.4, -0.2) is 55.7 Å². The molecule has 110 valence electrons. The third-order valence-corrected chi connectivity index (χ3v) is 3.83. The van der Waals surface area contributed by atoms with E-state index in [9.17, 15) is 18.0 Å². The van der Waals surface area contributed by atoms with Crippen LogP contribution in [0.5, 0.6) is 0 Å². The van der Waals surface area contributed by atoms with Crippen LogP contribution in [-0.2, 0) is 4.79 Å². The Morgan fingerprint density at radius 1 is 1.32 bits per heavy atom. The van der Waals surface area contributed by atoms with E-state index in [4.69, 9.17) is 0 Å². The molecule has 2 aliphatic heterocycles. The second-order valence-corrected chi connectivity index (χ2v) is 5.32. The number of amides is 1. The number of carbonyl (C=O) groups is 1. The molecule has 2 aliphatic rings. The summed E-state index contributed by atoms with van der Waals surface area (Å²) >= 11 is 0. The number of piperidine rings is 1. The molecule has 0 aromatic carbocycles. The topological polar surface area (TPSA) is 44.4 Å². The summed E-state index contributed by atoms with van der Waals surface area (Å²) in [6, 6.07) is -1.55. The van der Waals surface area contributed by atoms with Gasteiger partial charge in [-0.15, -0.1) is 0 Å². The number of nitrogens with zero attached hydrogens (tertiary/aromatic N) is 1. The molecule has 7 heteroatoms. The zero-order chi connectivity index (χ0) is 13.9. The Balaban J connectivity index is 2.01. The lowest BCUT2D eigenvalue weighted by atomic mass is 9.98. The van der Waals surface area contributed by atoms with Crippen LogP contribution in [0.3, 0.4) is 0 Å². The predicted octanol–water partition coefficient (Wildman–Crippen LogP) is 0.739. The van der Waals surface area contributed by atoms with Gasteiger partial charge in [-0.1, -0.05) is 0 Å². The van der Waals surface area contributed by atoms with Crippen LogP contribution in [0.1, 0.15) is 19.3 Å². The summed E-state index contributed by atoms with van der Waals surface area (Å²) < 4.78 is 39.1. The smallest absolute Gasteiger partial charge is 0.354 e. The number of halogens is 3. The van der Waals surface area contributed by atoms with Gasteiger partial charge in [-0.05, 0) is 31.8 Å². The lowest BCUT2D eigenvalue weighted by Crippen LogP contribution is -2.52. The van der Waals surface area contributed by atoms with E-state index in [-0.39, 0.29) is 31.3 Å². The van der Waals surface area contributed by atoms with Gasteiger partial charge in [0.25, 0.3) is 0 Å². The molecule has 0 spiro atoms. The number of rotatable bonds is 2. The lowest BCUT2D eigenvalue weighted by Gasteiger charge is -2.35. The highest BCUT2D eigenvalue weighted by atomic mass is 19.4. The Bertz CT molecular complexity index is 316. The maximum Gasteiger partial charge on any atom is 0.405 e. The van der Waals surface area contributed by atoms with Crippen LogP contribution >= 0.6 is 0 Å². The Hall–Kier alpha value is -0.820. The van der Waals surface area contributed by atoms with Crippen molar-refractivity contribution in [1.82, 2.24) is 15.5 Å². The maximum atomic E-state index is 13.0. The third kappa shape index (κ3) is 4.07. The molecule has 4 nitrogen and oxygen atoms in total. The second kappa shape index (κ2) is 6.09. The van der Waals surface area contributed by atoms with Crippen molar-refractivity contribution in [3.8, 4) is 0 Å². The van der Waals surface area contributed by atoms with Crippen LogP contribution in [0, 0.1) is 5.92 Å². The SMILES string of the molecule is O=C1CCN(CC2CCCNC2)C(C(F)(F)F)CN1. The van der Waals surface area contributed by atoms with Gasteiger partial charge in [0.05, 0.1) is 0 Å². The number of alkyl halides is 3. The molecular weight excluding hydrogens is 259 g/mol. The number of nitrogens with one attached hydrogen (secondary N) is 2. The highest BCUT2D eigenvalue weighted by Crippen LogP contribution is 2.27. The van der Waals surface area contributed by atoms with Crippen LogP contribution in [0.25, 0.3) is 0 Å². The summed E-state index contributed by atoms with van der Waals surface area (Å²) in [6.07, 6.45) is -2.19. The number of hydrogen-bond acceptors (Lipinski definition) is 3. The van der Waals surface area contributed by atoms with Gasteiger partial charge in [0, 0.05) is 26.1 Å². The normalized spacial score (nSPS) is 30.8. The molecule has 0 aromatic heterocycles. The molecule has 2 unspecified atom stereocenters. The molecule has 19 heavy (non-hydrogen) atoms. The molecule has 2 rings (SSSR count). The molecule has 0 aliphatic carbocycles. The van der Waals surface area contributed by atoms with E-state index in [0.29, 0.717) is 6.54 Å². The average Bonchev–Trinajstić information content (AvgIpc) is 2.53. The standard InChI is InChI=1S/C12H20F3N3O/c13-12(14,15)10-7-17-11(19)3-5-18(10)8-9-2-1-4-16-6-9/h9-10,16H,1-8H2,(H,17,19). The largest absolute Gasteiger partial charge is 0.405 e. The van der Waals surface area contributed by atoms with E-state index in [0.717, 1.165) is 25.9 Å². The molecular formula is C12H20F3N3O. The van der Waals surface area contributed by atoms with Crippen LogP contribution < -0.4 is 10.6 Å². The average molecular weight is 279 g/mol. The molecule has 1 amide bonds. The minimum absolute atomic E-state index is 0.146. The summed E-state index contributed by atoms with van der Waals surface area (Å²) in [4.78, 5) is 12.7. The van der Waals surface area contributed by atoms with Gasteiger partial charge in [0.15, 0.2) is 0 Å². The van der Waals surface area contributed by atoms with Gasteiger partial charge in [0.1, 0.15) is 6.04 Å². The van der Waals surface area contributed by atoms with Crippen LogP contribution in [0.2, 0.25) is 0 Å². The lowest BCUT2D eigenvalue weighted by molar-refractivity contribution is -0.182. The first-order chi connectivity index (χ1) is 8.97. The highest BCUT2D eigenvalue weighted by Gasteiger charge is 2.45. The first-order valence-corrected chi connectivity index (χ1v) is 6.75. The Kier molecular flexibility index (Phi) is 4.67. The first-order valence-electron chi connectivity index (χ1n) is 6.75. The van der Waals surface area contributed by atoms with Gasteiger partial charge >= 0.3 is 6.18 Å². The predicted molar refractivity (Wildman–Crippen MR) is 64.6 cm³/mol. The van der Waals surface area contributed by atoms with Crippen molar-refractivity contribution >= 4 is 5.91 Å². The summed E-state index contributed by atoms with van der Waals surface area (Å²) in [7, 11) is 0. The van der Waals surface area contributed by atoms with Crippen LogP contribution in [0.15, 0.2) is 0 Å². The zero-order valence-corrected chi connectivity index (χ0v) is 10.8. The van der Waals surface area contributed by atoms with E-state index in [1.807, 2.05) is 0 Å². The molecule has 0 bridgehead atoms. The molecule has 2 fully saturated rings. The Labute approximate surface area is 110 Å². The minimum Gasteiger partial charge on any atom is -0.354 e. The molecule has 2 saturated heterocycles. The van der Waals surface area contributed by atoms with Crippen molar-refractivity contribution < 1.29 is 18.0 Å². The van der Waals surface area contributed by atoms with Crippen molar-refractivity contribution in [1.29, 1.82) is 0 Å². The van der Waals surface area contributed by atoms with Crippen LogP contribution in [0.4, 0.5) is 13.2 Å². The van der Waals surface area contributed by atoms with Gasteiger partial charge < -0.3 is 10.6 Å². The van der Waals surface area contributed by atoms with Gasteiger partial charge in [0.2, 0.25) is 5.91 Å². The van der Waals surface area contributed by atoms with Gasteiger partial charge in [-0.3, -0.25) is 9.69 Å². The number of hydrogen-bond donors (Lipinski definition) is 2. The van der Waals surface area contributed by atoms with Gasteiger partial charge in [-0.25, -0.2) is 0 Å². The fourth-order valence-electron chi connectivity index (χ4n) is 2.78. The minimum atomic E-state index is -4.29. The van der Waals surface area contributed by atoms with Crippen molar-refractivity contribution in [2.24, 2.45) is 5.92 Å². The molecule has 2 atom stereocenters. The van der Waals surface area contributed by atoms with Crippen molar-refractivity contribution in [2.75, 3.05) is 32.7 Å². The molecule has 2 heterocycles. The van der Waals surface area contributed by atoms with E-state index >= 15 is 0 Å². The molecule has 0 aromatic rings. The van der Waals surface area contributed by atoms with Crippen molar-refractivity contribution in [3.05, 3.63) is 0 Å². The zero-order valence-electron chi connectivity index (χ0n) is 10.8. The fourth-order valence-corrected chi connectivity index (χ4v) is 2.78. The van der Waals surface area contributed by atoms with E-state index < -0.39 is 12.2 Å². The summed E-state index contributed by atoms with van der Waals surface area (Å²) in [5.41, 5.74) is 0. The van der Waals surface area contributed by atoms with Crippen molar-refractivity contribution in [3.63, 3.8) is 0 Å². The highest BCUT2D eigenvalue weighted by molar-refractivity contribution is 5.76. The van der Waals surface area contributed by atoms with E-state index in [1.54, 1.807) is 0 Å². The maximum absolute atomic E-state index is 13.0. The van der Waals surface area contributed by atoms with E-state index in [1.165, 1.54) is 4.90 Å². The fraction of sp³-hybridized carbons (Fsp3) is 0.917. The summed E-state index contributed by atoms with van der Waals surface area (Å²) in [6.45, 7) is 1.98. The summed E-state index contributed by atoms with van der Waals surface area (Å²) in [5, 5.41) is 5.56. The second-order valence-electron chi connectivity index (χ2n) is 5.32. The molecule has 0 saturated carbocycles. The monoisotopic (exact) mass is 279 g/mol. The quantitative estimate of drug-likeness (QED) is 0.783. The molecule has 0 radical (unpaired) electrons. The molecule has 2 N–H and O–H groups in total. The summed E-state index contributed by atoms with van der Waals surface area (Å²) in [5.74, 6) is -0.0506. The third-order valence-electron chi connectivity index (χ3n) is 3.83. The Morgan fingerprint density at radius 3 is 2.74 bits per heavy atom. The first kappa shape index (κ1) is 14.6. The number of carbonyl (C=O) groups excluding carboxylic acids is 1. The Morgan fingerprint density at radius 2 is 2.11 bits per heavy atom.